The molecule has 1 aromatic rings. The van der Waals surface area contributed by atoms with E-state index in [0.29, 0.717) is 39.5 Å². The van der Waals surface area contributed by atoms with E-state index in [1.54, 1.807) is 0 Å². The third kappa shape index (κ3) is 7.47. The average molecular weight is 264 g/mol. The van der Waals surface area contributed by atoms with Crippen molar-refractivity contribution in [1.29, 1.82) is 0 Å². The second kappa shape index (κ2) is 10.4. The molecule has 1 rings (SSSR count). The lowest BCUT2D eigenvalue weighted by Crippen LogP contribution is -2.10. The molecule has 1 N–H and O–H groups in total. The molecule has 0 spiro atoms. The average Bonchev–Trinajstić information content (AvgIpc) is 2.44. The monoisotopic (exact) mass is 264 g/mol. The first-order chi connectivity index (χ1) is 9.36. The molecule has 19 heavy (non-hydrogen) atoms. The van der Waals surface area contributed by atoms with Gasteiger partial charge in [-0.1, -0.05) is 18.1 Å². The Hall–Kier alpha value is -1.54. The fourth-order valence-corrected chi connectivity index (χ4v) is 1.45. The van der Waals surface area contributed by atoms with Gasteiger partial charge in [0.2, 0.25) is 0 Å². The van der Waals surface area contributed by atoms with Gasteiger partial charge in [-0.25, -0.2) is 0 Å². The molecule has 0 saturated heterocycles. The molecule has 0 fully saturated rings. The maximum absolute atomic E-state index is 8.80. The van der Waals surface area contributed by atoms with Crippen molar-refractivity contribution in [3.05, 3.63) is 29.8 Å². The van der Waals surface area contributed by atoms with E-state index >= 15 is 0 Å². The van der Waals surface area contributed by atoms with E-state index < -0.39 is 0 Å². The van der Waals surface area contributed by atoms with Gasteiger partial charge in [-0.2, -0.15) is 0 Å². The summed E-state index contributed by atoms with van der Waals surface area (Å²) >= 11 is 0. The number of rotatable bonds is 10. The van der Waals surface area contributed by atoms with Gasteiger partial charge in [0.1, 0.15) is 19.0 Å². The summed E-state index contributed by atoms with van der Waals surface area (Å²) in [6, 6.07) is 7.67. The predicted molar refractivity (Wildman–Crippen MR) is 73.2 cm³/mol. The Morgan fingerprint density at radius 1 is 1.00 bits per heavy atom. The summed E-state index contributed by atoms with van der Waals surface area (Å²) in [5, 5.41) is 8.80. The van der Waals surface area contributed by atoms with Crippen LogP contribution in [-0.2, 0) is 15.9 Å². The van der Waals surface area contributed by atoms with E-state index in [0.717, 1.165) is 11.3 Å². The molecule has 0 bridgehead atoms. The summed E-state index contributed by atoms with van der Waals surface area (Å²) in [4.78, 5) is 0. The van der Waals surface area contributed by atoms with Gasteiger partial charge in [0.15, 0.2) is 0 Å². The van der Waals surface area contributed by atoms with Crippen LogP contribution < -0.4 is 4.74 Å². The minimum Gasteiger partial charge on any atom is -0.491 e. The van der Waals surface area contributed by atoms with Crippen LogP contribution in [0.2, 0.25) is 0 Å². The summed E-state index contributed by atoms with van der Waals surface area (Å²) in [7, 11) is 0. The summed E-state index contributed by atoms with van der Waals surface area (Å²) in [6.07, 6.45) is 5.70. The summed E-state index contributed by atoms with van der Waals surface area (Å²) in [5.41, 5.74) is 1.09. The van der Waals surface area contributed by atoms with Crippen LogP contribution in [0.25, 0.3) is 0 Å². The molecule has 0 aliphatic heterocycles. The Bertz CT molecular complexity index is 367. The summed E-state index contributed by atoms with van der Waals surface area (Å²) < 4.78 is 15.9. The van der Waals surface area contributed by atoms with Gasteiger partial charge in [0.05, 0.1) is 19.8 Å². The molecule has 0 heterocycles. The molecule has 0 aliphatic rings. The minimum absolute atomic E-state index is 0.162. The lowest BCUT2D eigenvalue weighted by Gasteiger charge is -2.07. The predicted octanol–water partition coefficient (Wildman–Crippen LogP) is 1.27. The zero-order valence-corrected chi connectivity index (χ0v) is 11.0. The molecule has 0 unspecified atom stereocenters. The molecule has 0 saturated carbocycles. The lowest BCUT2D eigenvalue weighted by molar-refractivity contribution is 0.0462. The van der Waals surface area contributed by atoms with Crippen LogP contribution in [0.5, 0.6) is 5.75 Å². The first-order valence-corrected chi connectivity index (χ1v) is 6.28. The van der Waals surface area contributed by atoms with E-state index in [4.69, 9.17) is 25.7 Å². The van der Waals surface area contributed by atoms with Gasteiger partial charge >= 0.3 is 0 Å². The molecular formula is C15H20O4. The number of ether oxygens (including phenoxy) is 3. The van der Waals surface area contributed by atoms with E-state index in [9.17, 15) is 0 Å². The summed E-state index contributed by atoms with van der Waals surface area (Å²) in [5.74, 6) is 3.19. The highest BCUT2D eigenvalue weighted by atomic mass is 16.5. The molecule has 0 atom stereocenters. The molecule has 0 radical (unpaired) electrons. The van der Waals surface area contributed by atoms with Crippen molar-refractivity contribution in [2.75, 3.05) is 39.6 Å². The summed E-state index contributed by atoms with van der Waals surface area (Å²) in [6.45, 7) is 2.50. The number of hydrogen-bond acceptors (Lipinski definition) is 4. The molecule has 4 nitrogen and oxygen atoms in total. The molecule has 0 aliphatic carbocycles. The van der Waals surface area contributed by atoms with Crippen LogP contribution in [-0.4, -0.2) is 44.7 Å². The van der Waals surface area contributed by atoms with Crippen LogP contribution in [0.1, 0.15) is 5.56 Å². The third-order valence-corrected chi connectivity index (χ3v) is 2.38. The van der Waals surface area contributed by atoms with Crippen LogP contribution in [0.3, 0.4) is 0 Å². The first-order valence-electron chi connectivity index (χ1n) is 6.28. The van der Waals surface area contributed by atoms with Gasteiger partial charge in [-0.15, -0.1) is 6.42 Å². The van der Waals surface area contributed by atoms with E-state index in [2.05, 4.69) is 5.92 Å². The highest BCUT2D eigenvalue weighted by molar-refractivity contribution is 5.27. The van der Waals surface area contributed by atoms with Crippen molar-refractivity contribution >= 4 is 0 Å². The second-order valence-electron chi connectivity index (χ2n) is 3.84. The SMILES string of the molecule is C#CCOCCOCCOc1ccc(CCO)cc1. The molecule has 1 aromatic carbocycles. The van der Waals surface area contributed by atoms with Crippen molar-refractivity contribution in [2.45, 2.75) is 6.42 Å². The maximum Gasteiger partial charge on any atom is 0.119 e. The number of aliphatic hydroxyl groups is 1. The lowest BCUT2D eigenvalue weighted by atomic mass is 10.1. The van der Waals surface area contributed by atoms with Crippen LogP contribution in [0.4, 0.5) is 0 Å². The van der Waals surface area contributed by atoms with Gasteiger partial charge in [0, 0.05) is 6.61 Å². The number of terminal acetylenes is 1. The molecule has 0 aromatic heterocycles. The van der Waals surface area contributed by atoms with E-state index in [1.807, 2.05) is 24.3 Å². The molecular weight excluding hydrogens is 244 g/mol. The van der Waals surface area contributed by atoms with Crippen molar-refractivity contribution < 1.29 is 19.3 Å². The van der Waals surface area contributed by atoms with Gasteiger partial charge in [0.25, 0.3) is 0 Å². The van der Waals surface area contributed by atoms with Crippen LogP contribution in [0.15, 0.2) is 24.3 Å². The number of aliphatic hydroxyl groups excluding tert-OH is 1. The smallest absolute Gasteiger partial charge is 0.119 e. The topological polar surface area (TPSA) is 47.9 Å². The normalized spacial score (nSPS) is 10.1. The van der Waals surface area contributed by atoms with Crippen molar-refractivity contribution in [3.8, 4) is 18.1 Å². The fraction of sp³-hybridized carbons (Fsp3) is 0.467. The highest BCUT2D eigenvalue weighted by Crippen LogP contribution is 2.12. The molecule has 104 valence electrons. The number of benzene rings is 1. The van der Waals surface area contributed by atoms with Crippen LogP contribution >= 0.6 is 0 Å². The standard InChI is InChI=1S/C15H20O4/c1-2-9-17-10-11-18-12-13-19-15-5-3-14(4-6-15)7-8-16/h1,3-6,16H,7-13H2. The second-order valence-corrected chi connectivity index (χ2v) is 3.84. The largest absolute Gasteiger partial charge is 0.491 e. The molecule has 4 heteroatoms. The quantitative estimate of drug-likeness (QED) is 0.510. The molecule has 0 amide bonds. The van der Waals surface area contributed by atoms with Crippen molar-refractivity contribution in [1.82, 2.24) is 0 Å². The van der Waals surface area contributed by atoms with Gasteiger partial charge < -0.3 is 19.3 Å². The Kier molecular flexibility index (Phi) is 8.48. The van der Waals surface area contributed by atoms with Crippen molar-refractivity contribution in [2.24, 2.45) is 0 Å². The van der Waals surface area contributed by atoms with Gasteiger partial charge in [-0.05, 0) is 24.1 Å². The third-order valence-electron chi connectivity index (χ3n) is 2.38. The maximum atomic E-state index is 8.80. The minimum atomic E-state index is 0.162. The zero-order valence-electron chi connectivity index (χ0n) is 11.0. The Morgan fingerprint density at radius 2 is 1.68 bits per heavy atom. The van der Waals surface area contributed by atoms with Crippen LogP contribution in [0, 0.1) is 12.3 Å². The highest BCUT2D eigenvalue weighted by Gasteiger charge is 1.96. The fourth-order valence-electron chi connectivity index (χ4n) is 1.45. The number of hydrogen-bond donors (Lipinski definition) is 1. The van der Waals surface area contributed by atoms with Gasteiger partial charge in [-0.3, -0.25) is 0 Å². The van der Waals surface area contributed by atoms with E-state index in [1.165, 1.54) is 0 Å². The Balaban J connectivity index is 2.04. The first kappa shape index (κ1) is 15.5. The zero-order chi connectivity index (χ0) is 13.8. The van der Waals surface area contributed by atoms with Crippen molar-refractivity contribution in [3.63, 3.8) is 0 Å². The van der Waals surface area contributed by atoms with E-state index in [-0.39, 0.29) is 6.61 Å². The Morgan fingerprint density at radius 3 is 2.37 bits per heavy atom. The Labute approximate surface area is 114 Å².